The lowest BCUT2D eigenvalue weighted by molar-refractivity contribution is -0.274. The van der Waals surface area contributed by atoms with Crippen LogP contribution in [0.4, 0.5) is 18.3 Å². The quantitative estimate of drug-likeness (QED) is 0.734. The number of aromatic nitrogens is 1. The fourth-order valence-electron chi connectivity index (χ4n) is 3.56. The molecule has 2 amide bonds. The van der Waals surface area contributed by atoms with Crippen molar-refractivity contribution in [3.8, 4) is 5.75 Å². The lowest BCUT2D eigenvalue weighted by Gasteiger charge is -2.30. The Labute approximate surface area is 169 Å². The summed E-state index contributed by atoms with van der Waals surface area (Å²) in [5.74, 6) is -0.955. The number of halogens is 3. The minimum Gasteiger partial charge on any atom is -0.406 e. The molecule has 1 heterocycles. The van der Waals surface area contributed by atoms with Crippen molar-refractivity contribution < 1.29 is 27.5 Å². The number of benzene rings is 1. The zero-order valence-electron chi connectivity index (χ0n) is 15.7. The van der Waals surface area contributed by atoms with Crippen molar-refractivity contribution >= 4 is 38.5 Å². The summed E-state index contributed by atoms with van der Waals surface area (Å²) < 4.78 is 41.3. The molecule has 1 saturated carbocycles. The van der Waals surface area contributed by atoms with Gasteiger partial charge >= 0.3 is 6.36 Å². The molecule has 0 atom stereocenters. The van der Waals surface area contributed by atoms with E-state index in [9.17, 15) is 22.8 Å². The van der Waals surface area contributed by atoms with Gasteiger partial charge in [0.2, 0.25) is 11.8 Å². The number of hydrogen-bond acceptors (Lipinski definition) is 6. The predicted molar refractivity (Wildman–Crippen MR) is 103 cm³/mol. The van der Waals surface area contributed by atoms with Crippen LogP contribution in [-0.4, -0.2) is 48.2 Å². The van der Waals surface area contributed by atoms with Crippen LogP contribution in [0.1, 0.15) is 25.7 Å². The Morgan fingerprint density at radius 3 is 2.66 bits per heavy atom. The molecule has 2 aromatic rings. The van der Waals surface area contributed by atoms with E-state index in [0.29, 0.717) is 23.1 Å². The summed E-state index contributed by atoms with van der Waals surface area (Å²) in [6, 6.07) is 3.74. The van der Waals surface area contributed by atoms with Gasteiger partial charge in [-0.15, -0.1) is 13.2 Å². The summed E-state index contributed by atoms with van der Waals surface area (Å²) >= 11 is 1.02. The molecule has 1 fully saturated rings. The number of rotatable bonds is 6. The van der Waals surface area contributed by atoms with Crippen LogP contribution in [0.5, 0.6) is 5.75 Å². The van der Waals surface area contributed by atoms with Crippen molar-refractivity contribution in [1.82, 2.24) is 9.88 Å². The number of hydrogen-bond donors (Lipinski definition) is 2. The third-order valence-electron chi connectivity index (χ3n) is 4.97. The minimum atomic E-state index is -4.78. The van der Waals surface area contributed by atoms with Gasteiger partial charge in [0.1, 0.15) is 5.75 Å². The average molecular weight is 430 g/mol. The van der Waals surface area contributed by atoms with Gasteiger partial charge in [-0.3, -0.25) is 9.59 Å². The second-order valence-electron chi connectivity index (χ2n) is 7.10. The first kappa shape index (κ1) is 21.3. The van der Waals surface area contributed by atoms with Crippen LogP contribution in [-0.2, 0) is 9.59 Å². The number of carbonyl (C=O) groups is 2. The number of alkyl halides is 3. The molecule has 158 valence electrons. The van der Waals surface area contributed by atoms with Crippen LogP contribution in [0.3, 0.4) is 0 Å². The Balaban J connectivity index is 1.64. The molecule has 1 aliphatic rings. The zero-order valence-corrected chi connectivity index (χ0v) is 16.5. The first-order valence-corrected chi connectivity index (χ1v) is 9.85. The van der Waals surface area contributed by atoms with E-state index in [2.05, 4.69) is 15.0 Å². The summed E-state index contributed by atoms with van der Waals surface area (Å²) in [5, 5.41) is 2.81. The van der Waals surface area contributed by atoms with Crippen LogP contribution in [0.2, 0.25) is 0 Å². The van der Waals surface area contributed by atoms with Crippen LogP contribution in [0.15, 0.2) is 18.2 Å². The van der Waals surface area contributed by atoms with Gasteiger partial charge in [-0.05, 0) is 25.0 Å². The topological polar surface area (TPSA) is 97.5 Å². The van der Waals surface area contributed by atoms with E-state index in [-0.39, 0.29) is 29.9 Å². The summed E-state index contributed by atoms with van der Waals surface area (Å²) in [5.41, 5.74) is 5.65. The van der Waals surface area contributed by atoms with Crippen molar-refractivity contribution in [2.24, 2.45) is 11.1 Å². The number of nitrogens with zero attached hydrogens (tertiary/aromatic N) is 2. The zero-order chi connectivity index (χ0) is 21.2. The Morgan fingerprint density at radius 2 is 2.03 bits per heavy atom. The van der Waals surface area contributed by atoms with Gasteiger partial charge in [-0.25, -0.2) is 4.98 Å². The second kappa shape index (κ2) is 8.15. The van der Waals surface area contributed by atoms with E-state index in [0.717, 1.165) is 30.2 Å². The molecule has 1 aromatic heterocycles. The van der Waals surface area contributed by atoms with Gasteiger partial charge in [0, 0.05) is 19.7 Å². The number of ether oxygens (including phenoxy) is 1. The molecule has 0 radical (unpaired) electrons. The Kier molecular flexibility index (Phi) is 5.99. The number of carbonyl (C=O) groups excluding carboxylic acids is 2. The molecule has 0 bridgehead atoms. The maximum Gasteiger partial charge on any atom is 0.573 e. The highest BCUT2D eigenvalue weighted by atomic mass is 32.1. The van der Waals surface area contributed by atoms with Gasteiger partial charge in [0.15, 0.2) is 5.13 Å². The molecular weight excluding hydrogens is 409 g/mol. The largest absolute Gasteiger partial charge is 0.573 e. The van der Waals surface area contributed by atoms with Gasteiger partial charge in [0.05, 0.1) is 22.2 Å². The number of anilines is 1. The van der Waals surface area contributed by atoms with Gasteiger partial charge in [0.25, 0.3) is 0 Å². The third kappa shape index (κ3) is 4.96. The van der Waals surface area contributed by atoms with Gasteiger partial charge in [-0.2, -0.15) is 0 Å². The third-order valence-corrected chi connectivity index (χ3v) is 5.91. The maximum atomic E-state index is 12.7. The van der Waals surface area contributed by atoms with Crippen LogP contribution >= 0.6 is 11.3 Å². The molecule has 0 saturated heterocycles. The highest BCUT2D eigenvalue weighted by molar-refractivity contribution is 7.22. The fraction of sp³-hybridized carbons (Fsp3) is 0.500. The Morgan fingerprint density at radius 1 is 1.34 bits per heavy atom. The Bertz CT molecular complexity index is 909. The van der Waals surface area contributed by atoms with Crippen molar-refractivity contribution in [3.05, 3.63) is 18.2 Å². The molecule has 11 heteroatoms. The molecule has 0 spiro atoms. The summed E-state index contributed by atoms with van der Waals surface area (Å²) in [4.78, 5) is 30.6. The van der Waals surface area contributed by atoms with Gasteiger partial charge in [-0.1, -0.05) is 24.2 Å². The van der Waals surface area contributed by atoms with Crippen LogP contribution in [0.25, 0.3) is 10.2 Å². The standard InChI is InChI=1S/C18H21F3N4O3S/c1-25(15(27)17(10-22)6-2-3-7-17)9-14(26)24-16-23-12-5-4-11(8-13(12)29-16)28-18(19,20)21/h4-5,8H,2-3,6-7,9-10,22H2,1H3,(H,23,24,26). The summed E-state index contributed by atoms with van der Waals surface area (Å²) in [6.07, 6.45) is -1.47. The highest BCUT2D eigenvalue weighted by Gasteiger charge is 2.41. The average Bonchev–Trinajstić information content (AvgIpc) is 3.26. The van der Waals surface area contributed by atoms with Crippen molar-refractivity contribution in [2.45, 2.75) is 32.0 Å². The van der Waals surface area contributed by atoms with Crippen molar-refractivity contribution in [2.75, 3.05) is 25.5 Å². The highest BCUT2D eigenvalue weighted by Crippen LogP contribution is 2.38. The number of nitrogens with two attached hydrogens (primary N) is 1. The summed E-state index contributed by atoms with van der Waals surface area (Å²) in [7, 11) is 1.55. The minimum absolute atomic E-state index is 0.147. The molecule has 29 heavy (non-hydrogen) atoms. The number of likely N-dealkylation sites (N-methyl/N-ethyl adjacent to an activating group) is 1. The fourth-order valence-corrected chi connectivity index (χ4v) is 4.47. The lowest BCUT2D eigenvalue weighted by atomic mass is 9.85. The summed E-state index contributed by atoms with van der Waals surface area (Å²) in [6.45, 7) is 0.0803. The molecule has 0 aliphatic heterocycles. The van der Waals surface area contributed by atoms with Gasteiger partial charge < -0.3 is 20.7 Å². The number of nitrogens with one attached hydrogen (secondary N) is 1. The molecule has 1 aliphatic carbocycles. The van der Waals surface area contributed by atoms with Crippen molar-refractivity contribution in [1.29, 1.82) is 0 Å². The van der Waals surface area contributed by atoms with Crippen LogP contribution in [0, 0.1) is 5.41 Å². The monoisotopic (exact) mass is 430 g/mol. The molecule has 1 aromatic carbocycles. The van der Waals surface area contributed by atoms with Crippen LogP contribution < -0.4 is 15.8 Å². The molecule has 7 nitrogen and oxygen atoms in total. The van der Waals surface area contributed by atoms with E-state index in [4.69, 9.17) is 5.73 Å². The van der Waals surface area contributed by atoms with E-state index >= 15 is 0 Å². The van der Waals surface area contributed by atoms with E-state index < -0.39 is 17.7 Å². The lowest BCUT2D eigenvalue weighted by Crippen LogP contribution is -2.47. The maximum absolute atomic E-state index is 12.7. The smallest absolute Gasteiger partial charge is 0.406 e. The number of thiazole rings is 1. The SMILES string of the molecule is CN(CC(=O)Nc1nc2ccc(OC(F)(F)F)cc2s1)C(=O)C1(CN)CCCC1. The molecule has 3 N–H and O–H groups in total. The van der Waals surface area contributed by atoms with E-state index in [1.807, 2.05) is 0 Å². The second-order valence-corrected chi connectivity index (χ2v) is 8.13. The molecular formula is C18H21F3N4O3S. The molecule has 0 unspecified atom stereocenters. The number of amides is 2. The first-order valence-electron chi connectivity index (χ1n) is 9.04. The first-order chi connectivity index (χ1) is 13.6. The van der Waals surface area contributed by atoms with Crippen molar-refractivity contribution in [3.63, 3.8) is 0 Å². The Hall–Kier alpha value is -2.40. The normalized spacial score (nSPS) is 16.0. The molecule has 3 rings (SSSR count). The van der Waals surface area contributed by atoms with E-state index in [1.165, 1.54) is 17.0 Å². The van der Waals surface area contributed by atoms with E-state index in [1.54, 1.807) is 7.05 Å². The number of fused-ring (bicyclic) bond motifs is 1. The predicted octanol–water partition coefficient (Wildman–Crippen LogP) is 3.11.